The van der Waals surface area contributed by atoms with E-state index in [1.54, 1.807) is 25.4 Å². The molecule has 0 saturated heterocycles. The summed E-state index contributed by atoms with van der Waals surface area (Å²) in [5.74, 6) is 1.19. The first-order valence-electron chi connectivity index (χ1n) is 6.47. The van der Waals surface area contributed by atoms with Crippen LogP contribution in [-0.2, 0) is 6.54 Å². The highest BCUT2D eigenvalue weighted by Crippen LogP contribution is 2.25. The lowest BCUT2D eigenvalue weighted by molar-refractivity contribution is 0.221. The number of urea groups is 1. The molecule has 0 spiro atoms. The van der Waals surface area contributed by atoms with Crippen LogP contribution in [0.1, 0.15) is 5.69 Å². The molecule has 1 aromatic heterocycles. The number of para-hydroxylation sites is 2. The Morgan fingerprint density at radius 1 is 1.10 bits per heavy atom. The molecule has 2 rings (SSSR count). The number of ether oxygens (including phenoxy) is 2. The number of nitrogens with one attached hydrogen (secondary N) is 2. The maximum absolute atomic E-state index is 11.6. The second kappa shape index (κ2) is 7.74. The van der Waals surface area contributed by atoms with E-state index in [9.17, 15) is 4.79 Å². The monoisotopic (exact) mass is 287 g/mol. The summed E-state index contributed by atoms with van der Waals surface area (Å²) in [4.78, 5) is 15.7. The van der Waals surface area contributed by atoms with Gasteiger partial charge < -0.3 is 20.1 Å². The van der Waals surface area contributed by atoms with Crippen LogP contribution < -0.4 is 20.1 Å². The largest absolute Gasteiger partial charge is 0.493 e. The van der Waals surface area contributed by atoms with E-state index in [1.807, 2.05) is 30.3 Å². The molecule has 0 aliphatic rings. The lowest BCUT2D eigenvalue weighted by Crippen LogP contribution is -2.37. The third-order valence-electron chi connectivity index (χ3n) is 2.69. The van der Waals surface area contributed by atoms with E-state index >= 15 is 0 Å². The molecule has 1 heterocycles. The van der Waals surface area contributed by atoms with Crippen LogP contribution in [0.4, 0.5) is 4.79 Å². The first kappa shape index (κ1) is 14.6. The standard InChI is InChI=1S/C15H17N3O3/c1-20-13-7-2-3-8-14(13)21-11-18-15(19)17-10-12-6-4-5-9-16-12/h2-9H,10-11H2,1H3,(H2,17,18,19). The Bertz CT molecular complexity index is 575. The van der Waals surface area contributed by atoms with Crippen LogP contribution in [0, 0.1) is 0 Å². The van der Waals surface area contributed by atoms with Crippen LogP contribution in [0.25, 0.3) is 0 Å². The molecule has 0 radical (unpaired) electrons. The number of pyridine rings is 1. The number of aromatic nitrogens is 1. The first-order valence-corrected chi connectivity index (χ1v) is 6.47. The van der Waals surface area contributed by atoms with Gasteiger partial charge in [0.05, 0.1) is 19.3 Å². The van der Waals surface area contributed by atoms with Gasteiger partial charge in [-0.25, -0.2) is 4.79 Å². The second-order valence-corrected chi connectivity index (χ2v) is 4.12. The van der Waals surface area contributed by atoms with E-state index < -0.39 is 0 Å². The number of carbonyl (C=O) groups is 1. The molecule has 0 aliphatic carbocycles. The second-order valence-electron chi connectivity index (χ2n) is 4.12. The van der Waals surface area contributed by atoms with Gasteiger partial charge in [0, 0.05) is 6.20 Å². The molecule has 6 heteroatoms. The SMILES string of the molecule is COc1ccccc1OCNC(=O)NCc1ccccn1. The minimum absolute atomic E-state index is 0.0500. The molecule has 6 nitrogen and oxygen atoms in total. The zero-order chi connectivity index (χ0) is 14.9. The minimum atomic E-state index is -0.324. The molecule has 0 fully saturated rings. The predicted molar refractivity (Wildman–Crippen MR) is 78.1 cm³/mol. The summed E-state index contributed by atoms with van der Waals surface area (Å²) in [6, 6.07) is 12.4. The molecule has 0 atom stereocenters. The number of rotatable bonds is 6. The molecule has 2 N–H and O–H groups in total. The predicted octanol–water partition coefficient (Wildman–Crippen LogP) is 1.93. The highest BCUT2D eigenvalue weighted by molar-refractivity contribution is 5.73. The van der Waals surface area contributed by atoms with Gasteiger partial charge in [-0.3, -0.25) is 4.98 Å². The molecule has 1 aromatic carbocycles. The van der Waals surface area contributed by atoms with Crippen LogP contribution in [-0.4, -0.2) is 24.9 Å². The van der Waals surface area contributed by atoms with Crippen molar-refractivity contribution in [2.45, 2.75) is 6.54 Å². The Balaban J connectivity index is 1.72. The van der Waals surface area contributed by atoms with Crippen LogP contribution in [0.5, 0.6) is 11.5 Å². The summed E-state index contributed by atoms with van der Waals surface area (Å²) in [5, 5.41) is 5.29. The molecular formula is C15H17N3O3. The fraction of sp³-hybridized carbons (Fsp3) is 0.200. The van der Waals surface area contributed by atoms with Gasteiger partial charge in [-0.2, -0.15) is 0 Å². The van der Waals surface area contributed by atoms with Gasteiger partial charge in [0.25, 0.3) is 0 Å². The van der Waals surface area contributed by atoms with Crippen molar-refractivity contribution in [3.05, 3.63) is 54.4 Å². The van der Waals surface area contributed by atoms with E-state index in [0.717, 1.165) is 5.69 Å². The maximum atomic E-state index is 11.6. The van der Waals surface area contributed by atoms with Crippen molar-refractivity contribution in [1.82, 2.24) is 15.6 Å². The van der Waals surface area contributed by atoms with Crippen molar-refractivity contribution in [3.8, 4) is 11.5 Å². The van der Waals surface area contributed by atoms with Crippen molar-refractivity contribution in [3.63, 3.8) is 0 Å². The lowest BCUT2D eigenvalue weighted by Gasteiger charge is -2.11. The quantitative estimate of drug-likeness (QED) is 0.796. The van der Waals surface area contributed by atoms with Gasteiger partial charge >= 0.3 is 6.03 Å². The zero-order valence-electron chi connectivity index (χ0n) is 11.7. The fourth-order valence-corrected chi connectivity index (χ4v) is 1.65. The van der Waals surface area contributed by atoms with Gasteiger partial charge in [0.15, 0.2) is 18.2 Å². The number of carbonyl (C=O) groups excluding carboxylic acids is 1. The molecule has 0 saturated carbocycles. The third kappa shape index (κ3) is 4.68. The van der Waals surface area contributed by atoms with Gasteiger partial charge in [-0.1, -0.05) is 18.2 Å². The Morgan fingerprint density at radius 3 is 2.57 bits per heavy atom. The summed E-state index contributed by atoms with van der Waals surface area (Å²) in [6.07, 6.45) is 1.68. The Hall–Kier alpha value is -2.76. The van der Waals surface area contributed by atoms with E-state index in [2.05, 4.69) is 15.6 Å². The topological polar surface area (TPSA) is 72.5 Å². The van der Waals surface area contributed by atoms with Gasteiger partial charge in [0.2, 0.25) is 0 Å². The lowest BCUT2D eigenvalue weighted by atomic mass is 10.3. The van der Waals surface area contributed by atoms with Crippen LogP contribution in [0.2, 0.25) is 0 Å². The average Bonchev–Trinajstić information content (AvgIpc) is 2.54. The smallest absolute Gasteiger partial charge is 0.317 e. The van der Waals surface area contributed by atoms with Crippen molar-refractivity contribution in [2.75, 3.05) is 13.8 Å². The Morgan fingerprint density at radius 2 is 1.86 bits per heavy atom. The van der Waals surface area contributed by atoms with E-state index in [1.165, 1.54) is 0 Å². The van der Waals surface area contributed by atoms with Crippen molar-refractivity contribution >= 4 is 6.03 Å². The highest BCUT2D eigenvalue weighted by Gasteiger charge is 2.04. The number of hydrogen-bond acceptors (Lipinski definition) is 4. The number of nitrogens with zero attached hydrogens (tertiary/aromatic N) is 1. The Labute approximate surface area is 123 Å². The number of hydrogen-bond donors (Lipinski definition) is 2. The molecule has 110 valence electrons. The zero-order valence-corrected chi connectivity index (χ0v) is 11.7. The normalized spacial score (nSPS) is 9.76. The summed E-state index contributed by atoms with van der Waals surface area (Å²) >= 11 is 0. The Kier molecular flexibility index (Phi) is 5.40. The molecule has 0 unspecified atom stereocenters. The van der Waals surface area contributed by atoms with Gasteiger partial charge in [0.1, 0.15) is 0 Å². The molecule has 21 heavy (non-hydrogen) atoms. The highest BCUT2D eigenvalue weighted by atomic mass is 16.5. The number of methoxy groups -OCH3 is 1. The summed E-state index contributed by atoms with van der Waals surface area (Å²) in [6.45, 7) is 0.412. The molecule has 0 aliphatic heterocycles. The summed E-state index contributed by atoms with van der Waals surface area (Å²) in [7, 11) is 1.56. The van der Waals surface area contributed by atoms with E-state index in [-0.39, 0.29) is 12.8 Å². The third-order valence-corrected chi connectivity index (χ3v) is 2.69. The van der Waals surface area contributed by atoms with Crippen molar-refractivity contribution in [1.29, 1.82) is 0 Å². The average molecular weight is 287 g/mol. The minimum Gasteiger partial charge on any atom is -0.493 e. The molecule has 2 amide bonds. The van der Waals surface area contributed by atoms with E-state index in [0.29, 0.717) is 18.0 Å². The van der Waals surface area contributed by atoms with E-state index in [4.69, 9.17) is 9.47 Å². The molecule has 2 aromatic rings. The summed E-state index contributed by atoms with van der Waals surface area (Å²) < 4.78 is 10.6. The van der Waals surface area contributed by atoms with Gasteiger partial charge in [-0.05, 0) is 24.3 Å². The number of benzene rings is 1. The van der Waals surface area contributed by atoms with Crippen LogP contribution in [0.15, 0.2) is 48.7 Å². The molecule has 0 bridgehead atoms. The van der Waals surface area contributed by atoms with Crippen LogP contribution >= 0.6 is 0 Å². The molecular weight excluding hydrogens is 270 g/mol. The maximum Gasteiger partial charge on any atom is 0.317 e. The fourth-order valence-electron chi connectivity index (χ4n) is 1.65. The summed E-state index contributed by atoms with van der Waals surface area (Å²) in [5.41, 5.74) is 0.790. The van der Waals surface area contributed by atoms with Gasteiger partial charge in [-0.15, -0.1) is 0 Å². The number of amides is 2. The van der Waals surface area contributed by atoms with Crippen LogP contribution in [0.3, 0.4) is 0 Å². The first-order chi connectivity index (χ1) is 10.3. The van der Waals surface area contributed by atoms with Crippen molar-refractivity contribution < 1.29 is 14.3 Å². The van der Waals surface area contributed by atoms with Crippen molar-refractivity contribution in [2.24, 2.45) is 0 Å².